The number of nitrogens with zero attached hydrogens (tertiary/aromatic N) is 2. The summed E-state index contributed by atoms with van der Waals surface area (Å²) in [4.78, 5) is 16.3. The molecule has 1 aromatic carbocycles. The van der Waals surface area contributed by atoms with Gasteiger partial charge in [0.15, 0.2) is 0 Å². The molecule has 1 aliphatic heterocycles. The minimum Gasteiger partial charge on any atom is -0.376 e. The molecule has 1 aliphatic rings. The lowest BCUT2D eigenvalue weighted by Gasteiger charge is -2.23. The zero-order chi connectivity index (χ0) is 13.2. The van der Waals surface area contributed by atoms with Crippen molar-refractivity contribution in [2.45, 2.75) is 12.6 Å². The van der Waals surface area contributed by atoms with E-state index in [0.717, 1.165) is 0 Å². The first kappa shape index (κ1) is 12.3. The standard InChI is InChI=1S/C13H13FN2O3/c14-9-1-2-11-12(5-9)15-8-16(13(11)17)6-10-7-18-3-4-19-10/h1-2,5,8,10H,3-4,6-7H2/t10-/m1/s1. The first-order chi connectivity index (χ1) is 9.24. The van der Waals surface area contributed by atoms with Crippen LogP contribution in [0.2, 0.25) is 0 Å². The van der Waals surface area contributed by atoms with Gasteiger partial charge in [0.05, 0.1) is 49.7 Å². The molecular weight excluding hydrogens is 251 g/mol. The highest BCUT2D eigenvalue weighted by molar-refractivity contribution is 5.77. The molecule has 0 bridgehead atoms. The first-order valence-corrected chi connectivity index (χ1v) is 6.08. The molecule has 0 unspecified atom stereocenters. The van der Waals surface area contributed by atoms with Crippen LogP contribution in [0.15, 0.2) is 29.3 Å². The van der Waals surface area contributed by atoms with E-state index in [1.807, 2.05) is 0 Å². The number of ether oxygens (including phenoxy) is 2. The fourth-order valence-electron chi connectivity index (χ4n) is 2.12. The number of rotatable bonds is 2. The summed E-state index contributed by atoms with van der Waals surface area (Å²) in [6.45, 7) is 1.97. The minimum absolute atomic E-state index is 0.147. The van der Waals surface area contributed by atoms with Gasteiger partial charge in [-0.1, -0.05) is 0 Å². The first-order valence-electron chi connectivity index (χ1n) is 6.08. The van der Waals surface area contributed by atoms with E-state index in [1.54, 1.807) is 0 Å². The van der Waals surface area contributed by atoms with Crippen molar-refractivity contribution in [1.29, 1.82) is 0 Å². The summed E-state index contributed by atoms with van der Waals surface area (Å²) in [5, 5.41) is 0.403. The molecule has 19 heavy (non-hydrogen) atoms. The summed E-state index contributed by atoms with van der Waals surface area (Å²) in [5.41, 5.74) is 0.168. The Bertz CT molecular complexity index is 650. The maximum atomic E-state index is 13.1. The minimum atomic E-state index is -0.402. The molecule has 6 heteroatoms. The van der Waals surface area contributed by atoms with Crippen LogP contribution in [0.4, 0.5) is 4.39 Å². The van der Waals surface area contributed by atoms with Gasteiger partial charge >= 0.3 is 0 Å². The number of hydrogen-bond donors (Lipinski definition) is 0. The number of halogens is 1. The SMILES string of the molecule is O=c1c2ccc(F)cc2ncn1C[C@@H]1COCCO1. The van der Waals surface area contributed by atoms with Gasteiger partial charge in [0.1, 0.15) is 5.82 Å². The second kappa shape index (κ2) is 5.07. The van der Waals surface area contributed by atoms with Gasteiger partial charge in [0.25, 0.3) is 5.56 Å². The monoisotopic (exact) mass is 264 g/mol. The van der Waals surface area contributed by atoms with Crippen molar-refractivity contribution in [3.63, 3.8) is 0 Å². The number of fused-ring (bicyclic) bond motifs is 1. The highest BCUT2D eigenvalue weighted by Crippen LogP contribution is 2.09. The molecule has 1 fully saturated rings. The average Bonchev–Trinajstić information content (AvgIpc) is 2.43. The molecule has 0 aliphatic carbocycles. The quantitative estimate of drug-likeness (QED) is 0.810. The number of benzene rings is 1. The highest BCUT2D eigenvalue weighted by Gasteiger charge is 2.16. The Balaban J connectivity index is 1.93. The van der Waals surface area contributed by atoms with Crippen molar-refractivity contribution in [2.75, 3.05) is 19.8 Å². The van der Waals surface area contributed by atoms with Crippen molar-refractivity contribution >= 4 is 10.9 Å². The second-order valence-corrected chi connectivity index (χ2v) is 4.43. The summed E-state index contributed by atoms with van der Waals surface area (Å²) in [6.07, 6.45) is 1.27. The number of hydrogen-bond acceptors (Lipinski definition) is 4. The Kier molecular flexibility index (Phi) is 3.27. The van der Waals surface area contributed by atoms with E-state index < -0.39 is 5.82 Å². The largest absolute Gasteiger partial charge is 0.376 e. The maximum Gasteiger partial charge on any atom is 0.261 e. The summed E-state index contributed by atoms with van der Waals surface area (Å²) in [7, 11) is 0. The van der Waals surface area contributed by atoms with Crippen LogP contribution in [-0.4, -0.2) is 35.5 Å². The Labute approximate surface area is 108 Å². The van der Waals surface area contributed by atoms with E-state index in [-0.39, 0.29) is 11.7 Å². The molecular formula is C13H13FN2O3. The van der Waals surface area contributed by atoms with Crippen LogP contribution < -0.4 is 5.56 Å². The van der Waals surface area contributed by atoms with Crippen LogP contribution in [-0.2, 0) is 16.0 Å². The molecule has 0 N–H and O–H groups in total. The molecule has 100 valence electrons. The van der Waals surface area contributed by atoms with Crippen LogP contribution in [0.25, 0.3) is 10.9 Å². The fraction of sp³-hybridized carbons (Fsp3) is 0.385. The van der Waals surface area contributed by atoms with Gasteiger partial charge in [-0.3, -0.25) is 9.36 Å². The number of aromatic nitrogens is 2. The zero-order valence-electron chi connectivity index (χ0n) is 10.2. The molecule has 1 saturated heterocycles. The third kappa shape index (κ3) is 2.50. The predicted octanol–water partition coefficient (Wildman–Crippen LogP) is 0.951. The van der Waals surface area contributed by atoms with Gasteiger partial charge in [-0.2, -0.15) is 0 Å². The summed E-state index contributed by atoms with van der Waals surface area (Å²) < 4.78 is 25.3. The maximum absolute atomic E-state index is 13.1. The highest BCUT2D eigenvalue weighted by atomic mass is 19.1. The summed E-state index contributed by atoms with van der Waals surface area (Å²) >= 11 is 0. The molecule has 0 saturated carbocycles. The third-order valence-corrected chi connectivity index (χ3v) is 3.07. The average molecular weight is 264 g/mol. The topological polar surface area (TPSA) is 53.4 Å². The molecule has 2 aromatic rings. The molecule has 3 rings (SSSR count). The summed E-state index contributed by atoms with van der Waals surface area (Å²) in [5.74, 6) is -0.402. The molecule has 0 radical (unpaired) electrons. The van der Waals surface area contributed by atoms with Crippen LogP contribution >= 0.6 is 0 Å². The lowest BCUT2D eigenvalue weighted by molar-refractivity contribution is -0.0939. The normalized spacial score (nSPS) is 19.7. The molecule has 1 aromatic heterocycles. The Hall–Kier alpha value is -1.79. The van der Waals surface area contributed by atoms with Crippen LogP contribution in [0.1, 0.15) is 0 Å². The van der Waals surface area contributed by atoms with Crippen molar-refractivity contribution in [3.05, 3.63) is 40.7 Å². The smallest absolute Gasteiger partial charge is 0.261 e. The van der Waals surface area contributed by atoms with E-state index in [9.17, 15) is 9.18 Å². The molecule has 2 heterocycles. The van der Waals surface area contributed by atoms with Gasteiger partial charge in [0, 0.05) is 6.07 Å². The van der Waals surface area contributed by atoms with Crippen LogP contribution in [0, 0.1) is 5.82 Å². The Morgan fingerprint density at radius 3 is 3.11 bits per heavy atom. The zero-order valence-corrected chi connectivity index (χ0v) is 10.2. The van der Waals surface area contributed by atoms with Gasteiger partial charge in [-0.25, -0.2) is 9.37 Å². The molecule has 0 spiro atoms. The van der Waals surface area contributed by atoms with Gasteiger partial charge in [-0.05, 0) is 12.1 Å². The molecule has 1 atom stereocenters. The van der Waals surface area contributed by atoms with E-state index in [2.05, 4.69) is 4.98 Å². The van der Waals surface area contributed by atoms with E-state index in [4.69, 9.17) is 9.47 Å². The van der Waals surface area contributed by atoms with Crippen molar-refractivity contribution in [3.8, 4) is 0 Å². The van der Waals surface area contributed by atoms with E-state index in [0.29, 0.717) is 37.3 Å². The molecule has 0 amide bonds. The lowest BCUT2D eigenvalue weighted by atomic mass is 10.2. The Morgan fingerprint density at radius 2 is 2.32 bits per heavy atom. The van der Waals surface area contributed by atoms with Gasteiger partial charge in [0.2, 0.25) is 0 Å². The summed E-state index contributed by atoms with van der Waals surface area (Å²) in [6, 6.07) is 3.96. The predicted molar refractivity (Wildman–Crippen MR) is 66.5 cm³/mol. The van der Waals surface area contributed by atoms with E-state index >= 15 is 0 Å². The van der Waals surface area contributed by atoms with Crippen LogP contribution in [0.5, 0.6) is 0 Å². The second-order valence-electron chi connectivity index (χ2n) is 4.43. The van der Waals surface area contributed by atoms with Gasteiger partial charge < -0.3 is 9.47 Å². The lowest BCUT2D eigenvalue weighted by Crippen LogP contribution is -2.35. The van der Waals surface area contributed by atoms with Crippen molar-refractivity contribution in [1.82, 2.24) is 9.55 Å². The fourth-order valence-corrected chi connectivity index (χ4v) is 2.12. The molecule has 5 nitrogen and oxygen atoms in total. The van der Waals surface area contributed by atoms with Crippen molar-refractivity contribution in [2.24, 2.45) is 0 Å². The van der Waals surface area contributed by atoms with E-state index in [1.165, 1.54) is 29.1 Å². The van der Waals surface area contributed by atoms with Crippen molar-refractivity contribution < 1.29 is 13.9 Å². The Morgan fingerprint density at radius 1 is 1.42 bits per heavy atom. The van der Waals surface area contributed by atoms with Crippen LogP contribution in [0.3, 0.4) is 0 Å². The third-order valence-electron chi connectivity index (χ3n) is 3.07. The van der Waals surface area contributed by atoms with Gasteiger partial charge in [-0.15, -0.1) is 0 Å².